The molecule has 3 N–H and O–H groups in total. The van der Waals surface area contributed by atoms with Crippen molar-refractivity contribution in [3.63, 3.8) is 0 Å². The highest BCUT2D eigenvalue weighted by atomic mass is 16.2. The molecule has 2 atom stereocenters. The first kappa shape index (κ1) is 14.1. The monoisotopic (exact) mass is 264 g/mol. The van der Waals surface area contributed by atoms with Gasteiger partial charge in [0.25, 0.3) is 5.91 Å². The predicted octanol–water partition coefficient (Wildman–Crippen LogP) is 1.62. The number of nitrogens with two attached hydrogens (primary N) is 1. The molecule has 0 aromatic carbocycles. The molecule has 1 fully saturated rings. The molecule has 1 heterocycles. The van der Waals surface area contributed by atoms with E-state index < -0.39 is 0 Å². The van der Waals surface area contributed by atoms with Crippen LogP contribution in [0.4, 0.5) is 0 Å². The fourth-order valence-electron chi connectivity index (χ4n) is 3.17. The van der Waals surface area contributed by atoms with Crippen LogP contribution in [0, 0.1) is 19.8 Å². The van der Waals surface area contributed by atoms with E-state index >= 15 is 0 Å². The number of carbonyl (C=O) groups is 1. The lowest BCUT2D eigenvalue weighted by molar-refractivity contribution is 0.0619. The number of nitrogens with zero attached hydrogens (tertiary/aromatic N) is 2. The lowest BCUT2D eigenvalue weighted by atomic mass is 9.83. The number of H-pyrrole nitrogens is 1. The topological polar surface area (TPSA) is 75.0 Å². The Hall–Kier alpha value is -1.36. The van der Waals surface area contributed by atoms with Crippen LogP contribution in [0.15, 0.2) is 0 Å². The zero-order valence-electron chi connectivity index (χ0n) is 12.1. The second-order valence-corrected chi connectivity index (χ2v) is 5.57. The highest BCUT2D eigenvalue weighted by Crippen LogP contribution is 2.28. The van der Waals surface area contributed by atoms with E-state index in [1.165, 1.54) is 12.8 Å². The van der Waals surface area contributed by atoms with Crippen LogP contribution in [-0.2, 0) is 0 Å². The van der Waals surface area contributed by atoms with E-state index in [0.717, 1.165) is 24.2 Å². The molecule has 0 bridgehead atoms. The Morgan fingerprint density at radius 1 is 1.42 bits per heavy atom. The first-order valence-electron chi connectivity index (χ1n) is 7.05. The van der Waals surface area contributed by atoms with Crippen molar-refractivity contribution < 1.29 is 4.79 Å². The van der Waals surface area contributed by atoms with Crippen molar-refractivity contribution in [3.8, 4) is 0 Å². The summed E-state index contributed by atoms with van der Waals surface area (Å²) in [5.74, 6) is 0.490. The van der Waals surface area contributed by atoms with Crippen LogP contribution in [0.25, 0.3) is 0 Å². The molecule has 0 spiro atoms. The molecule has 1 saturated carbocycles. The van der Waals surface area contributed by atoms with Crippen molar-refractivity contribution >= 4 is 5.91 Å². The third-order valence-electron chi connectivity index (χ3n) is 4.33. The molecule has 19 heavy (non-hydrogen) atoms. The standard InChI is InChI=1S/C14H24N4O/c1-9-13(10(2)17-16-9)14(19)18(3)12-7-5-4-6-11(12)8-15/h11-12H,4-8,15H2,1-3H3,(H,16,17). The summed E-state index contributed by atoms with van der Waals surface area (Å²) in [6.45, 7) is 4.42. The van der Waals surface area contributed by atoms with E-state index in [1.807, 2.05) is 25.8 Å². The molecule has 1 amide bonds. The van der Waals surface area contributed by atoms with Gasteiger partial charge in [-0.1, -0.05) is 12.8 Å². The van der Waals surface area contributed by atoms with Gasteiger partial charge in [0.1, 0.15) is 0 Å². The van der Waals surface area contributed by atoms with Gasteiger partial charge in [-0.15, -0.1) is 0 Å². The van der Waals surface area contributed by atoms with Crippen LogP contribution < -0.4 is 5.73 Å². The third kappa shape index (κ3) is 2.66. The van der Waals surface area contributed by atoms with Gasteiger partial charge in [-0.2, -0.15) is 5.10 Å². The van der Waals surface area contributed by atoms with E-state index in [1.54, 1.807) is 0 Å². The van der Waals surface area contributed by atoms with Gasteiger partial charge in [0, 0.05) is 18.8 Å². The van der Waals surface area contributed by atoms with Crippen molar-refractivity contribution in [2.75, 3.05) is 13.6 Å². The maximum atomic E-state index is 12.6. The van der Waals surface area contributed by atoms with E-state index in [4.69, 9.17) is 5.73 Å². The van der Waals surface area contributed by atoms with Gasteiger partial charge < -0.3 is 10.6 Å². The number of amides is 1. The predicted molar refractivity (Wildman–Crippen MR) is 75.0 cm³/mol. The number of rotatable bonds is 3. The maximum Gasteiger partial charge on any atom is 0.257 e. The normalized spacial score (nSPS) is 23.4. The molecule has 2 unspecified atom stereocenters. The first-order chi connectivity index (χ1) is 9.06. The summed E-state index contributed by atoms with van der Waals surface area (Å²) in [5, 5.41) is 6.99. The summed E-state index contributed by atoms with van der Waals surface area (Å²) in [4.78, 5) is 14.5. The molecule has 5 heteroatoms. The first-order valence-corrected chi connectivity index (χ1v) is 7.05. The van der Waals surface area contributed by atoms with E-state index in [9.17, 15) is 4.79 Å². The molecular weight excluding hydrogens is 240 g/mol. The molecule has 1 aromatic heterocycles. The molecule has 1 aliphatic rings. The summed E-state index contributed by atoms with van der Waals surface area (Å²) in [6.07, 6.45) is 4.59. The Kier molecular flexibility index (Phi) is 4.24. The summed E-state index contributed by atoms with van der Waals surface area (Å²) in [7, 11) is 1.90. The van der Waals surface area contributed by atoms with Crippen molar-refractivity contribution in [2.24, 2.45) is 11.7 Å². The van der Waals surface area contributed by atoms with Gasteiger partial charge in [-0.3, -0.25) is 9.89 Å². The highest BCUT2D eigenvalue weighted by molar-refractivity contribution is 5.96. The minimum atomic E-state index is 0.0640. The van der Waals surface area contributed by atoms with Crippen LogP contribution in [-0.4, -0.2) is 40.6 Å². The SMILES string of the molecule is Cc1n[nH]c(C)c1C(=O)N(C)C1CCCCC1CN. The molecule has 1 aliphatic carbocycles. The van der Waals surface area contributed by atoms with Gasteiger partial charge in [0.15, 0.2) is 0 Å². The van der Waals surface area contributed by atoms with Crippen molar-refractivity contribution in [3.05, 3.63) is 17.0 Å². The Morgan fingerprint density at radius 2 is 2.11 bits per heavy atom. The highest BCUT2D eigenvalue weighted by Gasteiger charge is 2.31. The molecule has 0 radical (unpaired) electrons. The Bertz CT molecular complexity index is 435. The average molecular weight is 264 g/mol. The number of aryl methyl sites for hydroxylation is 2. The number of hydrogen-bond donors (Lipinski definition) is 2. The Labute approximate surface area is 114 Å². The molecule has 0 saturated heterocycles. The van der Waals surface area contributed by atoms with Crippen LogP contribution in [0.2, 0.25) is 0 Å². The summed E-state index contributed by atoms with van der Waals surface area (Å²) < 4.78 is 0. The molecule has 0 aliphatic heterocycles. The second-order valence-electron chi connectivity index (χ2n) is 5.57. The summed E-state index contributed by atoms with van der Waals surface area (Å²) >= 11 is 0. The van der Waals surface area contributed by atoms with Gasteiger partial charge in [-0.25, -0.2) is 0 Å². The Morgan fingerprint density at radius 3 is 2.68 bits per heavy atom. The zero-order chi connectivity index (χ0) is 14.0. The van der Waals surface area contributed by atoms with E-state index in [0.29, 0.717) is 18.0 Å². The Balaban J connectivity index is 2.18. The minimum absolute atomic E-state index is 0.0640. The average Bonchev–Trinajstić information content (AvgIpc) is 2.76. The second kappa shape index (κ2) is 5.74. The molecule has 1 aromatic rings. The molecule has 5 nitrogen and oxygen atoms in total. The smallest absolute Gasteiger partial charge is 0.257 e. The fraction of sp³-hybridized carbons (Fsp3) is 0.714. The van der Waals surface area contributed by atoms with Crippen LogP contribution in [0.3, 0.4) is 0 Å². The number of aromatic nitrogens is 2. The molecular formula is C14H24N4O. The van der Waals surface area contributed by atoms with Gasteiger partial charge in [-0.05, 0) is 39.2 Å². The van der Waals surface area contributed by atoms with Crippen molar-refractivity contribution in [1.82, 2.24) is 15.1 Å². The largest absolute Gasteiger partial charge is 0.338 e. The number of nitrogens with one attached hydrogen (secondary N) is 1. The summed E-state index contributed by atoms with van der Waals surface area (Å²) in [6, 6.07) is 0.264. The van der Waals surface area contributed by atoms with Gasteiger partial charge >= 0.3 is 0 Å². The molecule has 2 rings (SSSR count). The van der Waals surface area contributed by atoms with Gasteiger partial charge in [0.2, 0.25) is 0 Å². The fourth-order valence-corrected chi connectivity index (χ4v) is 3.17. The third-order valence-corrected chi connectivity index (χ3v) is 4.33. The zero-order valence-corrected chi connectivity index (χ0v) is 12.1. The summed E-state index contributed by atoms with van der Waals surface area (Å²) in [5.41, 5.74) is 8.18. The number of carbonyl (C=O) groups excluding carboxylic acids is 1. The maximum absolute atomic E-state index is 12.6. The lowest BCUT2D eigenvalue weighted by Gasteiger charge is -2.37. The van der Waals surface area contributed by atoms with Crippen molar-refractivity contribution in [1.29, 1.82) is 0 Å². The van der Waals surface area contributed by atoms with E-state index in [2.05, 4.69) is 10.2 Å². The van der Waals surface area contributed by atoms with Crippen LogP contribution in [0.5, 0.6) is 0 Å². The van der Waals surface area contributed by atoms with E-state index in [-0.39, 0.29) is 11.9 Å². The molecule has 106 valence electrons. The van der Waals surface area contributed by atoms with Crippen LogP contribution >= 0.6 is 0 Å². The quantitative estimate of drug-likeness (QED) is 0.871. The number of hydrogen-bond acceptors (Lipinski definition) is 3. The minimum Gasteiger partial charge on any atom is -0.338 e. The van der Waals surface area contributed by atoms with Crippen LogP contribution in [0.1, 0.15) is 47.4 Å². The van der Waals surface area contributed by atoms with Gasteiger partial charge in [0.05, 0.1) is 11.3 Å². The van der Waals surface area contributed by atoms with Crippen molar-refractivity contribution in [2.45, 2.75) is 45.6 Å². The lowest BCUT2D eigenvalue weighted by Crippen LogP contribution is -2.46. The number of aromatic amines is 1.